The van der Waals surface area contributed by atoms with Crippen molar-refractivity contribution in [2.45, 2.75) is 17.7 Å². The van der Waals surface area contributed by atoms with E-state index in [2.05, 4.69) is 0 Å². The number of carbonyl (C=O) groups excluding carboxylic acids is 1. The lowest BCUT2D eigenvalue weighted by Gasteiger charge is -2.08. The van der Waals surface area contributed by atoms with Gasteiger partial charge in [-0.25, -0.2) is 18.6 Å². The molecule has 0 aliphatic heterocycles. The van der Waals surface area contributed by atoms with Crippen LogP contribution in [0.1, 0.15) is 12.8 Å². The molecule has 118 valence electrons. The number of rotatable bonds is 9. The molecule has 0 aliphatic rings. The summed E-state index contributed by atoms with van der Waals surface area (Å²) in [4.78, 5) is 10.7. The molecule has 0 unspecified atom stereocenters. The van der Waals surface area contributed by atoms with Gasteiger partial charge in [0.1, 0.15) is 5.75 Å². The van der Waals surface area contributed by atoms with Crippen molar-refractivity contribution >= 4 is 15.9 Å². The fourth-order valence-corrected chi connectivity index (χ4v) is 2.37. The van der Waals surface area contributed by atoms with E-state index in [1.807, 2.05) is 4.72 Å². The number of halogens is 1. The fourth-order valence-electron chi connectivity index (χ4n) is 1.39. The molecule has 0 aromatic heterocycles. The SMILES string of the molecule is O=C(CNS(=O)(=O)c1ccc(OCCCCF)cc1)NO. The topological polar surface area (TPSA) is 105 Å². The van der Waals surface area contributed by atoms with Crippen molar-refractivity contribution in [1.29, 1.82) is 0 Å². The molecule has 0 atom stereocenters. The van der Waals surface area contributed by atoms with Gasteiger partial charge in [-0.15, -0.1) is 0 Å². The van der Waals surface area contributed by atoms with E-state index in [9.17, 15) is 17.6 Å². The van der Waals surface area contributed by atoms with Gasteiger partial charge in [-0.2, -0.15) is 0 Å². The highest BCUT2D eigenvalue weighted by molar-refractivity contribution is 7.89. The van der Waals surface area contributed by atoms with Crippen molar-refractivity contribution in [3.05, 3.63) is 24.3 Å². The standard InChI is InChI=1S/C12H17FN2O5S/c13-7-1-2-8-20-10-3-5-11(6-4-10)21(18,19)14-9-12(16)15-17/h3-6,14,17H,1-2,7-9H2,(H,15,16). The zero-order valence-electron chi connectivity index (χ0n) is 11.2. The van der Waals surface area contributed by atoms with E-state index in [0.717, 1.165) is 0 Å². The first-order valence-corrected chi connectivity index (χ1v) is 7.69. The predicted octanol–water partition coefficient (Wildman–Crippen LogP) is 0.599. The molecule has 0 saturated heterocycles. The lowest BCUT2D eigenvalue weighted by atomic mass is 10.3. The second-order valence-corrected chi connectivity index (χ2v) is 5.84. The van der Waals surface area contributed by atoms with Gasteiger partial charge >= 0.3 is 0 Å². The molecule has 21 heavy (non-hydrogen) atoms. The van der Waals surface area contributed by atoms with Gasteiger partial charge in [0.2, 0.25) is 10.0 Å². The molecule has 1 aromatic rings. The molecule has 1 aromatic carbocycles. The average molecular weight is 320 g/mol. The molecule has 0 spiro atoms. The molecule has 0 bridgehead atoms. The van der Waals surface area contributed by atoms with E-state index < -0.39 is 29.1 Å². The van der Waals surface area contributed by atoms with Crippen LogP contribution >= 0.6 is 0 Å². The van der Waals surface area contributed by atoms with Crippen LogP contribution in [-0.4, -0.2) is 39.4 Å². The Labute approximate surface area is 122 Å². The van der Waals surface area contributed by atoms with Gasteiger partial charge in [-0.3, -0.25) is 14.4 Å². The molecule has 1 amide bonds. The fraction of sp³-hybridized carbons (Fsp3) is 0.417. The van der Waals surface area contributed by atoms with Crippen LogP contribution in [0.5, 0.6) is 5.75 Å². The number of ether oxygens (including phenoxy) is 1. The first-order chi connectivity index (χ1) is 9.99. The molecule has 3 N–H and O–H groups in total. The minimum Gasteiger partial charge on any atom is -0.494 e. The smallest absolute Gasteiger partial charge is 0.258 e. The number of hydrogen-bond donors (Lipinski definition) is 3. The van der Waals surface area contributed by atoms with Gasteiger partial charge in [0.15, 0.2) is 0 Å². The van der Waals surface area contributed by atoms with E-state index >= 15 is 0 Å². The number of unbranched alkanes of at least 4 members (excludes halogenated alkanes) is 1. The largest absolute Gasteiger partial charge is 0.494 e. The lowest BCUT2D eigenvalue weighted by molar-refractivity contribution is -0.127. The highest BCUT2D eigenvalue weighted by atomic mass is 32.2. The molecular weight excluding hydrogens is 303 g/mol. The van der Waals surface area contributed by atoms with Crippen molar-refractivity contribution in [3.63, 3.8) is 0 Å². The third-order valence-corrected chi connectivity index (χ3v) is 3.90. The summed E-state index contributed by atoms with van der Waals surface area (Å²) in [7, 11) is -3.84. The summed E-state index contributed by atoms with van der Waals surface area (Å²) in [6.45, 7) is -0.612. The first-order valence-electron chi connectivity index (χ1n) is 6.21. The molecule has 7 nitrogen and oxygen atoms in total. The van der Waals surface area contributed by atoms with Crippen molar-refractivity contribution in [1.82, 2.24) is 10.2 Å². The Morgan fingerprint density at radius 3 is 2.48 bits per heavy atom. The van der Waals surface area contributed by atoms with Gasteiger partial charge in [0.05, 0.1) is 24.7 Å². The third-order valence-electron chi connectivity index (χ3n) is 2.48. The van der Waals surface area contributed by atoms with E-state index in [-0.39, 0.29) is 4.90 Å². The summed E-state index contributed by atoms with van der Waals surface area (Å²) >= 11 is 0. The number of amides is 1. The highest BCUT2D eigenvalue weighted by Gasteiger charge is 2.15. The number of nitrogens with one attached hydrogen (secondary N) is 2. The van der Waals surface area contributed by atoms with Gasteiger partial charge in [0.25, 0.3) is 5.91 Å². The Hall–Kier alpha value is -1.71. The maximum atomic E-state index is 11.9. The number of sulfonamides is 1. The summed E-state index contributed by atoms with van der Waals surface area (Å²) in [6, 6.07) is 5.58. The average Bonchev–Trinajstić information content (AvgIpc) is 2.50. The Bertz CT molecular complexity index is 547. The number of benzene rings is 1. The zero-order chi connectivity index (χ0) is 15.7. The molecule has 9 heteroatoms. The van der Waals surface area contributed by atoms with Gasteiger partial charge < -0.3 is 4.74 Å². The first kappa shape index (κ1) is 17.3. The number of alkyl halides is 1. The molecule has 0 aliphatic carbocycles. The Kier molecular flexibility index (Phi) is 7.06. The van der Waals surface area contributed by atoms with Gasteiger partial charge in [0, 0.05) is 0 Å². The summed E-state index contributed by atoms with van der Waals surface area (Å²) < 4.78 is 42.8. The summed E-state index contributed by atoms with van der Waals surface area (Å²) in [5, 5.41) is 8.28. The summed E-state index contributed by atoms with van der Waals surface area (Å²) in [5.41, 5.74) is 1.32. The second-order valence-electron chi connectivity index (χ2n) is 4.08. The number of hydrogen-bond acceptors (Lipinski definition) is 5. The quantitative estimate of drug-likeness (QED) is 0.351. The molecule has 0 heterocycles. The van der Waals surface area contributed by atoms with Crippen LogP contribution in [0.3, 0.4) is 0 Å². The Morgan fingerprint density at radius 2 is 1.90 bits per heavy atom. The zero-order valence-corrected chi connectivity index (χ0v) is 12.0. The minimum atomic E-state index is -3.84. The molecule has 0 saturated carbocycles. The van der Waals surface area contributed by atoms with E-state index in [4.69, 9.17) is 9.94 Å². The van der Waals surface area contributed by atoms with Crippen LogP contribution in [0.25, 0.3) is 0 Å². The van der Waals surface area contributed by atoms with Crippen molar-refractivity contribution in [3.8, 4) is 5.75 Å². The highest BCUT2D eigenvalue weighted by Crippen LogP contribution is 2.16. The van der Waals surface area contributed by atoms with Crippen LogP contribution < -0.4 is 14.9 Å². The van der Waals surface area contributed by atoms with Crippen molar-refractivity contribution in [2.75, 3.05) is 19.8 Å². The van der Waals surface area contributed by atoms with Crippen molar-refractivity contribution < 1.29 is 27.5 Å². The van der Waals surface area contributed by atoms with Crippen molar-refractivity contribution in [2.24, 2.45) is 0 Å². The van der Waals surface area contributed by atoms with Crippen LogP contribution in [0.15, 0.2) is 29.2 Å². The Balaban J connectivity index is 2.57. The summed E-state index contributed by atoms with van der Waals surface area (Å²) in [6.07, 6.45) is 0.998. The monoisotopic (exact) mass is 320 g/mol. The molecule has 0 fully saturated rings. The van der Waals surface area contributed by atoms with Crippen LogP contribution in [-0.2, 0) is 14.8 Å². The number of carbonyl (C=O) groups is 1. The minimum absolute atomic E-state index is 0.0376. The van der Waals surface area contributed by atoms with E-state index in [1.165, 1.54) is 29.7 Å². The van der Waals surface area contributed by atoms with Crippen LogP contribution in [0.2, 0.25) is 0 Å². The summed E-state index contributed by atoms with van der Waals surface area (Å²) in [5.74, 6) is -0.396. The van der Waals surface area contributed by atoms with E-state index in [0.29, 0.717) is 25.2 Å². The predicted molar refractivity (Wildman–Crippen MR) is 72.3 cm³/mol. The molecular formula is C12H17FN2O5S. The number of hydroxylamine groups is 1. The molecule has 0 radical (unpaired) electrons. The third kappa shape index (κ3) is 6.06. The van der Waals surface area contributed by atoms with Gasteiger partial charge in [-0.1, -0.05) is 0 Å². The van der Waals surface area contributed by atoms with E-state index in [1.54, 1.807) is 0 Å². The lowest BCUT2D eigenvalue weighted by Crippen LogP contribution is -2.35. The van der Waals surface area contributed by atoms with Crippen LogP contribution in [0.4, 0.5) is 4.39 Å². The van der Waals surface area contributed by atoms with Gasteiger partial charge in [-0.05, 0) is 37.1 Å². The maximum absolute atomic E-state index is 11.9. The van der Waals surface area contributed by atoms with Crippen LogP contribution in [0, 0.1) is 0 Å². The molecule has 1 rings (SSSR count). The second kappa shape index (κ2) is 8.55. The maximum Gasteiger partial charge on any atom is 0.258 e. The Morgan fingerprint density at radius 1 is 1.24 bits per heavy atom. The normalized spacial score (nSPS) is 11.1.